The second-order valence-electron chi connectivity index (χ2n) is 7.20. The summed E-state index contributed by atoms with van der Waals surface area (Å²) < 4.78 is 0. The van der Waals surface area contributed by atoms with Crippen molar-refractivity contribution in [2.45, 2.75) is 32.6 Å². The van der Waals surface area contributed by atoms with E-state index < -0.39 is 11.9 Å². The first-order chi connectivity index (χ1) is 10.0. The number of rotatable bonds is 4. The number of amides is 1. The minimum Gasteiger partial charge on any atom is -0.481 e. The van der Waals surface area contributed by atoms with Crippen LogP contribution in [-0.2, 0) is 9.59 Å². The number of nitrogens with zero attached hydrogens (tertiary/aromatic N) is 2. The number of carboxylic acids is 1. The molecule has 21 heavy (non-hydrogen) atoms. The highest BCUT2D eigenvalue weighted by Gasteiger charge is 2.43. The monoisotopic (exact) mass is 294 g/mol. The summed E-state index contributed by atoms with van der Waals surface area (Å²) in [5, 5.41) is 9.32. The van der Waals surface area contributed by atoms with Crippen molar-refractivity contribution >= 4 is 11.9 Å². The van der Waals surface area contributed by atoms with Crippen LogP contribution in [0.4, 0.5) is 0 Å². The van der Waals surface area contributed by atoms with Gasteiger partial charge in [0.05, 0.1) is 11.8 Å². The van der Waals surface area contributed by atoms with E-state index in [1.54, 1.807) is 0 Å². The number of hydrogen-bond donors (Lipinski definition) is 1. The van der Waals surface area contributed by atoms with Crippen LogP contribution < -0.4 is 0 Å². The summed E-state index contributed by atoms with van der Waals surface area (Å²) in [5.74, 6) is -0.261. The van der Waals surface area contributed by atoms with Crippen LogP contribution in [0, 0.1) is 23.7 Å². The van der Waals surface area contributed by atoms with Crippen LogP contribution in [0.1, 0.15) is 32.6 Å². The Morgan fingerprint density at radius 1 is 1.05 bits per heavy atom. The molecule has 0 spiro atoms. The van der Waals surface area contributed by atoms with Gasteiger partial charge in [-0.05, 0) is 37.5 Å². The molecule has 5 nitrogen and oxygen atoms in total. The van der Waals surface area contributed by atoms with Crippen molar-refractivity contribution in [2.24, 2.45) is 23.7 Å². The van der Waals surface area contributed by atoms with E-state index in [9.17, 15) is 14.7 Å². The molecule has 1 heterocycles. The van der Waals surface area contributed by atoms with Crippen LogP contribution in [0.25, 0.3) is 0 Å². The van der Waals surface area contributed by atoms with Crippen molar-refractivity contribution in [3.63, 3.8) is 0 Å². The molecule has 3 aliphatic rings. The van der Waals surface area contributed by atoms with E-state index >= 15 is 0 Å². The number of carbonyl (C=O) groups excluding carboxylic acids is 1. The lowest BCUT2D eigenvalue weighted by Gasteiger charge is -2.36. The van der Waals surface area contributed by atoms with Gasteiger partial charge in [-0.2, -0.15) is 0 Å². The molecule has 5 heteroatoms. The summed E-state index contributed by atoms with van der Waals surface area (Å²) in [6, 6.07) is 0. The van der Waals surface area contributed by atoms with Gasteiger partial charge in [-0.15, -0.1) is 0 Å². The summed E-state index contributed by atoms with van der Waals surface area (Å²) in [7, 11) is 0. The van der Waals surface area contributed by atoms with E-state index in [0.29, 0.717) is 12.3 Å². The number of piperazine rings is 1. The molecule has 1 aliphatic heterocycles. The zero-order valence-electron chi connectivity index (χ0n) is 12.8. The highest BCUT2D eigenvalue weighted by molar-refractivity contribution is 5.85. The zero-order chi connectivity index (χ0) is 15.0. The maximum absolute atomic E-state index is 12.6. The second kappa shape index (κ2) is 5.95. The Labute approximate surface area is 126 Å². The van der Waals surface area contributed by atoms with Gasteiger partial charge in [-0.1, -0.05) is 6.92 Å². The normalized spacial score (nSPS) is 34.1. The molecule has 0 aromatic rings. The highest BCUT2D eigenvalue weighted by atomic mass is 16.4. The van der Waals surface area contributed by atoms with E-state index in [2.05, 4.69) is 11.8 Å². The van der Waals surface area contributed by atoms with Gasteiger partial charge in [0, 0.05) is 32.7 Å². The van der Waals surface area contributed by atoms with Crippen LogP contribution in [0.5, 0.6) is 0 Å². The molecule has 2 aliphatic carbocycles. The van der Waals surface area contributed by atoms with Crippen LogP contribution in [0.15, 0.2) is 0 Å². The Hall–Kier alpha value is -1.10. The summed E-state index contributed by atoms with van der Waals surface area (Å²) in [4.78, 5) is 28.3. The average Bonchev–Trinajstić information content (AvgIpc) is 3.18. The third-order valence-corrected chi connectivity index (χ3v) is 5.33. The summed E-state index contributed by atoms with van der Waals surface area (Å²) in [6.45, 7) is 6.66. The van der Waals surface area contributed by atoms with Crippen molar-refractivity contribution < 1.29 is 14.7 Å². The molecule has 3 rings (SSSR count). The second-order valence-corrected chi connectivity index (χ2v) is 7.20. The quantitative estimate of drug-likeness (QED) is 0.848. The van der Waals surface area contributed by atoms with Gasteiger partial charge in [0.25, 0.3) is 0 Å². The Bertz CT molecular complexity index is 414. The molecule has 0 aromatic heterocycles. The smallest absolute Gasteiger partial charge is 0.307 e. The summed E-state index contributed by atoms with van der Waals surface area (Å²) in [5.41, 5.74) is 0. The molecule has 3 fully saturated rings. The third kappa shape index (κ3) is 3.39. The van der Waals surface area contributed by atoms with Gasteiger partial charge < -0.3 is 10.0 Å². The molecule has 1 N–H and O–H groups in total. The van der Waals surface area contributed by atoms with E-state index in [4.69, 9.17) is 0 Å². The SMILES string of the molecule is CC1CC(C(=O)O)C(C(=O)N2CCN(CC3CC3)CC2)C1. The maximum Gasteiger partial charge on any atom is 0.307 e. The molecule has 1 saturated heterocycles. The molecule has 118 valence electrons. The maximum atomic E-state index is 12.6. The van der Waals surface area contributed by atoms with E-state index in [1.165, 1.54) is 19.4 Å². The first kappa shape index (κ1) is 14.8. The van der Waals surface area contributed by atoms with Crippen LogP contribution >= 0.6 is 0 Å². The van der Waals surface area contributed by atoms with Crippen molar-refractivity contribution in [1.82, 2.24) is 9.80 Å². The van der Waals surface area contributed by atoms with Crippen molar-refractivity contribution in [3.8, 4) is 0 Å². The number of aliphatic carboxylic acids is 1. The predicted octanol–water partition coefficient (Wildman–Crippen LogP) is 1.29. The Balaban J connectivity index is 1.54. The lowest BCUT2D eigenvalue weighted by Crippen LogP contribution is -2.51. The largest absolute Gasteiger partial charge is 0.481 e. The van der Waals surface area contributed by atoms with Gasteiger partial charge in [0.2, 0.25) is 5.91 Å². The lowest BCUT2D eigenvalue weighted by molar-refractivity contribution is -0.149. The topological polar surface area (TPSA) is 60.9 Å². The molecule has 3 atom stereocenters. The molecular formula is C16H26N2O3. The van der Waals surface area contributed by atoms with E-state index in [-0.39, 0.29) is 11.8 Å². The van der Waals surface area contributed by atoms with Crippen LogP contribution in [-0.4, -0.2) is 59.5 Å². The zero-order valence-corrected chi connectivity index (χ0v) is 12.8. The van der Waals surface area contributed by atoms with Gasteiger partial charge in [-0.3, -0.25) is 14.5 Å². The van der Waals surface area contributed by atoms with Gasteiger partial charge in [0.15, 0.2) is 0 Å². The van der Waals surface area contributed by atoms with Crippen molar-refractivity contribution in [1.29, 1.82) is 0 Å². The van der Waals surface area contributed by atoms with Crippen molar-refractivity contribution in [2.75, 3.05) is 32.7 Å². The van der Waals surface area contributed by atoms with Gasteiger partial charge in [-0.25, -0.2) is 0 Å². The van der Waals surface area contributed by atoms with Crippen LogP contribution in [0.3, 0.4) is 0 Å². The Morgan fingerprint density at radius 2 is 1.67 bits per heavy atom. The standard InChI is InChI=1S/C16H26N2O3/c1-11-8-13(14(9-11)16(20)21)15(19)18-6-4-17(5-7-18)10-12-2-3-12/h11-14H,2-10H2,1H3,(H,20,21). The fourth-order valence-corrected chi connectivity index (χ4v) is 3.89. The Kier molecular flexibility index (Phi) is 4.20. The molecule has 0 aromatic carbocycles. The van der Waals surface area contributed by atoms with Crippen molar-refractivity contribution in [3.05, 3.63) is 0 Å². The number of carboxylic acid groups (broad SMARTS) is 1. The Morgan fingerprint density at radius 3 is 2.24 bits per heavy atom. The predicted molar refractivity (Wildman–Crippen MR) is 78.8 cm³/mol. The van der Waals surface area contributed by atoms with Gasteiger partial charge in [0.1, 0.15) is 0 Å². The third-order valence-electron chi connectivity index (χ3n) is 5.33. The molecule has 3 unspecified atom stereocenters. The average molecular weight is 294 g/mol. The summed E-state index contributed by atoms with van der Waals surface area (Å²) in [6.07, 6.45) is 4.10. The number of hydrogen-bond acceptors (Lipinski definition) is 3. The molecular weight excluding hydrogens is 268 g/mol. The number of carbonyl (C=O) groups is 2. The first-order valence-electron chi connectivity index (χ1n) is 8.28. The minimum atomic E-state index is -0.801. The fraction of sp³-hybridized carbons (Fsp3) is 0.875. The summed E-state index contributed by atoms with van der Waals surface area (Å²) >= 11 is 0. The molecule has 0 radical (unpaired) electrons. The highest BCUT2D eigenvalue weighted by Crippen LogP contribution is 2.37. The van der Waals surface area contributed by atoms with E-state index in [1.807, 2.05) is 4.90 Å². The first-order valence-corrected chi connectivity index (χ1v) is 8.28. The van der Waals surface area contributed by atoms with Gasteiger partial charge >= 0.3 is 5.97 Å². The molecule has 1 amide bonds. The van der Waals surface area contributed by atoms with Crippen LogP contribution in [0.2, 0.25) is 0 Å². The minimum absolute atomic E-state index is 0.0813. The lowest BCUT2D eigenvalue weighted by atomic mass is 9.94. The molecule has 0 bridgehead atoms. The van der Waals surface area contributed by atoms with E-state index in [0.717, 1.165) is 38.5 Å². The fourth-order valence-electron chi connectivity index (χ4n) is 3.89. The molecule has 2 saturated carbocycles.